The third-order valence-corrected chi connectivity index (χ3v) is 5.60. The van der Waals surface area contributed by atoms with Gasteiger partial charge in [0.1, 0.15) is 0 Å². The van der Waals surface area contributed by atoms with Gasteiger partial charge >= 0.3 is 0 Å². The van der Waals surface area contributed by atoms with Crippen molar-refractivity contribution in [2.45, 2.75) is 19.3 Å². The van der Waals surface area contributed by atoms with Crippen LogP contribution in [0.15, 0.2) is 83.6 Å². The quantitative estimate of drug-likeness (QED) is 0.228. The van der Waals surface area contributed by atoms with Gasteiger partial charge in [0.2, 0.25) is 0 Å². The van der Waals surface area contributed by atoms with E-state index >= 15 is 0 Å². The number of pyridine rings is 2. The van der Waals surface area contributed by atoms with Crippen molar-refractivity contribution in [3.05, 3.63) is 107 Å². The van der Waals surface area contributed by atoms with Crippen LogP contribution in [0, 0.1) is 12.1 Å². The summed E-state index contributed by atoms with van der Waals surface area (Å²) in [6.45, 7) is 4.47. The van der Waals surface area contributed by atoms with Crippen LogP contribution in [0.5, 0.6) is 0 Å². The molecule has 147 valence electrons. The van der Waals surface area contributed by atoms with Crippen LogP contribution in [0.2, 0.25) is 0 Å². The van der Waals surface area contributed by atoms with Crippen molar-refractivity contribution in [2.75, 3.05) is 0 Å². The Hall–Kier alpha value is -2.13. The molecule has 2 aromatic carbocycles. The third-order valence-electron chi connectivity index (χ3n) is 4.94. The van der Waals surface area contributed by atoms with Gasteiger partial charge in [-0.1, -0.05) is 58.0 Å². The summed E-state index contributed by atoms with van der Waals surface area (Å²) in [7, 11) is 0. The Kier molecular flexibility index (Phi) is 6.79. The molecule has 0 amide bonds. The van der Waals surface area contributed by atoms with Crippen LogP contribution in [0.3, 0.4) is 0 Å². The maximum absolute atomic E-state index is 4.49. The van der Waals surface area contributed by atoms with Crippen LogP contribution in [-0.2, 0) is 25.5 Å². The molecule has 4 aromatic rings. The van der Waals surface area contributed by atoms with Crippen molar-refractivity contribution in [1.29, 1.82) is 0 Å². The zero-order valence-corrected chi connectivity index (χ0v) is 20.1. The second-order valence-electron chi connectivity index (χ2n) is 7.09. The van der Waals surface area contributed by atoms with Crippen molar-refractivity contribution in [3.8, 4) is 22.5 Å². The van der Waals surface area contributed by atoms with Gasteiger partial charge in [0.05, 0.1) is 0 Å². The fraction of sp³-hybridized carbons (Fsp3) is 0.120. The topological polar surface area (TPSA) is 25.8 Å². The first-order valence-corrected chi connectivity index (χ1v) is 9.93. The average Bonchev–Trinajstić information content (AvgIpc) is 2.98. The second-order valence-corrected chi connectivity index (χ2v) is 7.95. The summed E-state index contributed by atoms with van der Waals surface area (Å²) in [6, 6.07) is 28.3. The standard InChI is InChI=1S/C14H11BrN.C11H8N.Ir/c1-14(2)10-6-4-8-16-13(10)9-5-3-7-11(15)12(9)14;1-2-6-10(7-3-1)11-8-4-5-9-12-11;/h3-4,6-8H,1-2H3;1-6,8-9H;/q2*-1;. The molecule has 29 heavy (non-hydrogen) atoms. The molecule has 1 radical (unpaired) electrons. The molecule has 4 heteroatoms. The molecule has 0 aliphatic heterocycles. The van der Waals surface area contributed by atoms with Gasteiger partial charge in [-0.05, 0) is 28.9 Å². The van der Waals surface area contributed by atoms with Crippen LogP contribution >= 0.6 is 15.9 Å². The van der Waals surface area contributed by atoms with E-state index in [-0.39, 0.29) is 25.5 Å². The van der Waals surface area contributed by atoms with Gasteiger partial charge in [-0.25, -0.2) is 0 Å². The molecule has 0 bridgehead atoms. The van der Waals surface area contributed by atoms with E-state index in [1.165, 1.54) is 11.1 Å². The summed E-state index contributed by atoms with van der Waals surface area (Å²) in [5.74, 6) is 0. The average molecular weight is 620 g/mol. The van der Waals surface area contributed by atoms with E-state index in [9.17, 15) is 0 Å². The summed E-state index contributed by atoms with van der Waals surface area (Å²) >= 11 is 3.63. The number of nitrogens with zero attached hydrogens (tertiary/aromatic N) is 2. The van der Waals surface area contributed by atoms with E-state index in [4.69, 9.17) is 0 Å². The van der Waals surface area contributed by atoms with E-state index in [2.05, 4.69) is 57.9 Å². The Labute approximate surface area is 193 Å². The van der Waals surface area contributed by atoms with Gasteiger partial charge < -0.3 is 9.97 Å². The van der Waals surface area contributed by atoms with Gasteiger partial charge in [-0.3, -0.25) is 0 Å². The number of rotatable bonds is 1. The molecular weight excluding hydrogens is 600 g/mol. The normalized spacial score (nSPS) is 12.7. The molecule has 5 rings (SSSR count). The minimum atomic E-state index is 0. The minimum Gasteiger partial charge on any atom is -0.305 e. The van der Waals surface area contributed by atoms with Crippen LogP contribution < -0.4 is 0 Å². The van der Waals surface area contributed by atoms with E-state index in [1.807, 2.05) is 66.9 Å². The van der Waals surface area contributed by atoms with E-state index < -0.39 is 0 Å². The van der Waals surface area contributed by atoms with Crippen molar-refractivity contribution < 1.29 is 20.1 Å². The predicted molar refractivity (Wildman–Crippen MR) is 117 cm³/mol. The molecule has 0 saturated carbocycles. The van der Waals surface area contributed by atoms with Gasteiger partial charge in [0.25, 0.3) is 0 Å². The summed E-state index contributed by atoms with van der Waals surface area (Å²) < 4.78 is 1.14. The SMILES string of the molecule is CC1(C)c2cccnc2-c2[c-]ccc(Br)c21.[Ir].[c-]1ccccc1-c1ccccn1. The van der Waals surface area contributed by atoms with Crippen molar-refractivity contribution in [1.82, 2.24) is 9.97 Å². The molecule has 1 aliphatic rings. The van der Waals surface area contributed by atoms with Gasteiger partial charge in [-0.2, -0.15) is 0 Å². The number of halogens is 1. The Morgan fingerprint density at radius 3 is 2.34 bits per heavy atom. The molecule has 2 heterocycles. The number of fused-ring (bicyclic) bond motifs is 3. The van der Waals surface area contributed by atoms with Gasteiger partial charge in [0, 0.05) is 32.5 Å². The molecule has 0 fully saturated rings. The van der Waals surface area contributed by atoms with Crippen molar-refractivity contribution >= 4 is 15.9 Å². The first kappa shape index (κ1) is 21.6. The zero-order chi connectivity index (χ0) is 19.6. The largest absolute Gasteiger partial charge is 0.305 e. The summed E-state index contributed by atoms with van der Waals surface area (Å²) in [6.07, 6.45) is 3.63. The molecule has 0 spiro atoms. The molecule has 0 saturated heterocycles. The van der Waals surface area contributed by atoms with Crippen molar-refractivity contribution in [3.63, 3.8) is 0 Å². The molecule has 0 N–H and O–H groups in total. The van der Waals surface area contributed by atoms with Gasteiger partial charge in [0.15, 0.2) is 0 Å². The molecule has 2 aromatic heterocycles. The number of benzene rings is 2. The zero-order valence-electron chi connectivity index (χ0n) is 16.1. The van der Waals surface area contributed by atoms with E-state index in [0.717, 1.165) is 27.0 Å². The maximum Gasteiger partial charge on any atom is 0.0160 e. The Morgan fingerprint density at radius 1 is 0.828 bits per heavy atom. The van der Waals surface area contributed by atoms with E-state index in [0.29, 0.717) is 0 Å². The van der Waals surface area contributed by atoms with Crippen molar-refractivity contribution in [2.24, 2.45) is 0 Å². The molecule has 0 atom stereocenters. The molecule has 2 nitrogen and oxygen atoms in total. The van der Waals surface area contributed by atoms with Crippen LogP contribution in [0.1, 0.15) is 25.0 Å². The fourth-order valence-corrected chi connectivity index (χ4v) is 4.42. The Morgan fingerprint density at radius 2 is 1.62 bits per heavy atom. The van der Waals surface area contributed by atoms with Crippen LogP contribution in [0.4, 0.5) is 0 Å². The van der Waals surface area contributed by atoms with Crippen LogP contribution in [-0.4, -0.2) is 9.97 Å². The number of hydrogen-bond donors (Lipinski definition) is 0. The summed E-state index contributed by atoms with van der Waals surface area (Å²) in [5.41, 5.74) is 6.81. The first-order valence-electron chi connectivity index (χ1n) is 9.13. The molecule has 1 aliphatic carbocycles. The fourth-order valence-electron chi connectivity index (χ4n) is 3.59. The third kappa shape index (κ3) is 4.25. The summed E-state index contributed by atoms with van der Waals surface area (Å²) in [5, 5.41) is 0. The van der Waals surface area contributed by atoms with E-state index in [1.54, 1.807) is 6.20 Å². The monoisotopic (exact) mass is 619 g/mol. The number of aromatic nitrogens is 2. The maximum atomic E-state index is 4.49. The first-order chi connectivity index (χ1) is 13.6. The van der Waals surface area contributed by atoms with Gasteiger partial charge in [-0.15, -0.1) is 65.2 Å². The molecular formula is C25H19BrIrN2-2. The minimum absolute atomic E-state index is 0. The predicted octanol–water partition coefficient (Wildman–Crippen LogP) is 6.50. The molecule has 0 unspecified atom stereocenters. The summed E-state index contributed by atoms with van der Waals surface area (Å²) in [4.78, 5) is 8.70. The smallest absolute Gasteiger partial charge is 0.0160 e. The second kappa shape index (κ2) is 9.13. The van der Waals surface area contributed by atoms with Crippen LogP contribution in [0.25, 0.3) is 22.5 Å². The number of hydrogen-bond acceptors (Lipinski definition) is 2. The Bertz CT molecular complexity index is 1060. The Balaban J connectivity index is 0.000000167.